The second-order valence-electron chi connectivity index (χ2n) is 7.45. The fourth-order valence-electron chi connectivity index (χ4n) is 3.70. The van der Waals surface area contributed by atoms with Crippen molar-refractivity contribution in [3.05, 3.63) is 41.0 Å². The maximum absolute atomic E-state index is 9.87. The van der Waals surface area contributed by atoms with E-state index in [1.54, 1.807) is 0 Å². The van der Waals surface area contributed by atoms with E-state index in [-0.39, 0.29) is 0 Å². The van der Waals surface area contributed by atoms with Gasteiger partial charge in [-0.3, -0.25) is 4.98 Å². The number of nitrogens with one attached hydrogen (secondary N) is 2. The number of aromatic nitrogens is 2. The molecule has 0 amide bonds. The smallest absolute Gasteiger partial charge is 0.250 e. The molecule has 5 nitrogen and oxygen atoms in total. The second-order valence-corrected chi connectivity index (χ2v) is 7.45. The first-order valence-electron chi connectivity index (χ1n) is 9.85. The van der Waals surface area contributed by atoms with Crippen LogP contribution in [-0.4, -0.2) is 37.1 Å². The van der Waals surface area contributed by atoms with E-state index in [9.17, 15) is 5.26 Å². The lowest BCUT2D eigenvalue weighted by Gasteiger charge is -2.15. The number of nitrogens with zero attached hydrogens (tertiary/aromatic N) is 3. The molecular formula is C22H30N5+. The molecule has 142 valence electrons. The molecule has 0 unspecified atom stereocenters. The Morgan fingerprint density at radius 3 is 2.70 bits per heavy atom. The average molecular weight is 365 g/mol. The SMILES string of the molecule is CCCCCc1c(C)c(C#N)c2[nH]c3ccccc3[n+]2c1NCCN(C)C. The highest BCUT2D eigenvalue weighted by Gasteiger charge is 2.25. The molecule has 0 saturated heterocycles. The Labute approximate surface area is 161 Å². The van der Waals surface area contributed by atoms with Gasteiger partial charge >= 0.3 is 0 Å². The number of likely N-dealkylation sites (N-methyl/N-ethyl adjacent to an activating group) is 1. The summed E-state index contributed by atoms with van der Waals surface area (Å²) in [7, 11) is 4.17. The highest BCUT2D eigenvalue weighted by molar-refractivity contribution is 5.78. The van der Waals surface area contributed by atoms with Gasteiger partial charge < -0.3 is 10.2 Å². The largest absolute Gasteiger partial charge is 0.306 e. The molecule has 0 atom stereocenters. The van der Waals surface area contributed by atoms with Gasteiger partial charge in [0.15, 0.2) is 0 Å². The molecule has 3 aromatic rings. The number of para-hydroxylation sites is 2. The lowest BCUT2D eigenvalue weighted by Crippen LogP contribution is -2.32. The number of hydrogen-bond acceptors (Lipinski definition) is 3. The standard InChI is InChI=1S/C22H29N5/c1-5-6-7-10-17-16(2)18(15-23)22-25-19-11-8-9-12-20(19)27(22)21(17)24-13-14-26(3)4/h8-9,11-12H,5-7,10,13-14H2,1-4H3,(H,24,25)/p+1. The van der Waals surface area contributed by atoms with Crippen LogP contribution in [0.25, 0.3) is 16.7 Å². The van der Waals surface area contributed by atoms with Gasteiger partial charge in [0.2, 0.25) is 11.5 Å². The Morgan fingerprint density at radius 1 is 1.22 bits per heavy atom. The van der Waals surface area contributed by atoms with Crippen LogP contribution in [0.4, 0.5) is 5.82 Å². The number of aromatic amines is 1. The number of imidazole rings is 1. The Bertz CT molecular complexity index is 978. The zero-order valence-corrected chi connectivity index (χ0v) is 16.9. The van der Waals surface area contributed by atoms with Gasteiger partial charge in [0.1, 0.15) is 22.7 Å². The maximum Gasteiger partial charge on any atom is 0.250 e. The minimum absolute atomic E-state index is 0.746. The fourth-order valence-corrected chi connectivity index (χ4v) is 3.70. The van der Waals surface area contributed by atoms with Crippen LogP contribution in [-0.2, 0) is 6.42 Å². The molecule has 0 aliphatic rings. The first-order valence-corrected chi connectivity index (χ1v) is 9.85. The summed E-state index contributed by atoms with van der Waals surface area (Å²) in [5.41, 5.74) is 6.13. The third-order valence-corrected chi connectivity index (χ3v) is 5.19. The van der Waals surface area contributed by atoms with Gasteiger partial charge in [0, 0.05) is 12.1 Å². The summed E-state index contributed by atoms with van der Waals surface area (Å²) in [5, 5.41) is 13.5. The molecule has 0 radical (unpaired) electrons. The normalized spacial score (nSPS) is 11.4. The van der Waals surface area contributed by atoms with Crippen molar-refractivity contribution in [3.63, 3.8) is 0 Å². The summed E-state index contributed by atoms with van der Waals surface area (Å²) in [6, 6.07) is 10.7. The number of rotatable bonds is 8. The summed E-state index contributed by atoms with van der Waals surface area (Å²) >= 11 is 0. The fraction of sp³-hybridized carbons (Fsp3) is 0.455. The van der Waals surface area contributed by atoms with E-state index in [1.165, 1.54) is 18.4 Å². The first kappa shape index (κ1) is 19.2. The molecule has 3 rings (SSSR count). The van der Waals surface area contributed by atoms with Gasteiger partial charge in [-0.1, -0.05) is 31.9 Å². The minimum Gasteiger partial charge on any atom is -0.306 e. The molecule has 2 N–H and O–H groups in total. The molecular weight excluding hydrogens is 334 g/mol. The van der Waals surface area contributed by atoms with E-state index in [4.69, 9.17) is 0 Å². The molecule has 27 heavy (non-hydrogen) atoms. The number of H-pyrrole nitrogens is 1. The number of hydrogen-bond donors (Lipinski definition) is 2. The molecule has 0 aliphatic heterocycles. The molecule has 0 aliphatic carbocycles. The lowest BCUT2D eigenvalue weighted by atomic mass is 9.99. The molecule has 1 aromatic carbocycles. The first-order chi connectivity index (χ1) is 13.1. The second kappa shape index (κ2) is 8.41. The van der Waals surface area contributed by atoms with Crippen LogP contribution in [0.15, 0.2) is 24.3 Å². The average Bonchev–Trinajstić information content (AvgIpc) is 3.02. The Hall–Kier alpha value is -2.58. The van der Waals surface area contributed by atoms with Crippen molar-refractivity contribution in [3.8, 4) is 6.07 Å². The van der Waals surface area contributed by atoms with Crippen LogP contribution in [0.5, 0.6) is 0 Å². The van der Waals surface area contributed by atoms with Crippen LogP contribution >= 0.6 is 0 Å². The third kappa shape index (κ3) is 3.77. The van der Waals surface area contributed by atoms with E-state index >= 15 is 0 Å². The summed E-state index contributed by atoms with van der Waals surface area (Å²) in [5.74, 6) is 1.12. The topological polar surface area (TPSA) is 59.0 Å². The van der Waals surface area contributed by atoms with E-state index in [2.05, 4.69) is 71.8 Å². The lowest BCUT2D eigenvalue weighted by molar-refractivity contribution is -0.465. The summed E-state index contributed by atoms with van der Waals surface area (Å²) < 4.78 is 2.21. The highest BCUT2D eigenvalue weighted by atomic mass is 15.1. The number of fused-ring (bicyclic) bond motifs is 3. The molecule has 0 bridgehead atoms. The van der Waals surface area contributed by atoms with Gasteiger partial charge in [-0.25, -0.2) is 0 Å². The Morgan fingerprint density at radius 2 is 2.00 bits per heavy atom. The molecule has 0 saturated carbocycles. The number of pyridine rings is 1. The van der Waals surface area contributed by atoms with Crippen molar-refractivity contribution in [1.29, 1.82) is 5.26 Å². The predicted molar refractivity (Wildman–Crippen MR) is 111 cm³/mol. The summed E-state index contributed by atoms with van der Waals surface area (Å²) in [6.45, 7) is 6.13. The molecule has 0 fully saturated rings. The van der Waals surface area contributed by atoms with Gasteiger partial charge in [0.05, 0.1) is 6.54 Å². The van der Waals surface area contributed by atoms with Crippen molar-refractivity contribution in [1.82, 2.24) is 9.88 Å². The van der Waals surface area contributed by atoms with E-state index in [1.807, 2.05) is 6.07 Å². The van der Waals surface area contributed by atoms with Crippen LogP contribution in [0.2, 0.25) is 0 Å². The zero-order valence-electron chi connectivity index (χ0n) is 16.9. The summed E-state index contributed by atoms with van der Waals surface area (Å²) in [4.78, 5) is 5.64. The van der Waals surface area contributed by atoms with Gasteiger partial charge in [-0.05, 0) is 51.6 Å². The number of benzene rings is 1. The third-order valence-electron chi connectivity index (χ3n) is 5.19. The Balaban J connectivity index is 2.23. The zero-order chi connectivity index (χ0) is 19.4. The monoisotopic (exact) mass is 364 g/mol. The Kier molecular flexibility index (Phi) is 5.98. The van der Waals surface area contributed by atoms with Gasteiger partial charge in [-0.2, -0.15) is 9.66 Å². The van der Waals surface area contributed by atoms with Crippen LogP contribution < -0.4 is 9.72 Å². The molecule has 5 heteroatoms. The number of unbranched alkanes of at least 4 members (excludes halogenated alkanes) is 2. The molecule has 2 heterocycles. The van der Waals surface area contributed by atoms with Crippen molar-refractivity contribution < 1.29 is 4.40 Å². The van der Waals surface area contributed by atoms with E-state index < -0.39 is 0 Å². The highest BCUT2D eigenvalue weighted by Crippen LogP contribution is 2.26. The number of nitriles is 1. The van der Waals surface area contributed by atoms with Gasteiger partial charge in [0.25, 0.3) is 0 Å². The van der Waals surface area contributed by atoms with Crippen LogP contribution in [0.1, 0.15) is 42.9 Å². The van der Waals surface area contributed by atoms with Crippen LogP contribution in [0.3, 0.4) is 0 Å². The maximum atomic E-state index is 9.87. The molecule has 2 aromatic heterocycles. The van der Waals surface area contributed by atoms with Gasteiger partial charge in [-0.15, -0.1) is 0 Å². The molecule has 0 spiro atoms. The number of anilines is 1. The van der Waals surface area contributed by atoms with E-state index in [0.717, 1.165) is 59.6 Å². The predicted octanol–water partition coefficient (Wildman–Crippen LogP) is 3.79. The van der Waals surface area contributed by atoms with Crippen LogP contribution in [0, 0.1) is 18.3 Å². The summed E-state index contributed by atoms with van der Waals surface area (Å²) in [6.07, 6.45) is 4.52. The van der Waals surface area contributed by atoms with Crippen molar-refractivity contribution in [2.75, 3.05) is 32.5 Å². The van der Waals surface area contributed by atoms with Crippen molar-refractivity contribution in [2.45, 2.75) is 39.5 Å². The van der Waals surface area contributed by atoms with Crippen molar-refractivity contribution >= 4 is 22.5 Å². The van der Waals surface area contributed by atoms with Crippen molar-refractivity contribution in [2.24, 2.45) is 0 Å². The minimum atomic E-state index is 0.746. The quantitative estimate of drug-likeness (QED) is 0.472. The van der Waals surface area contributed by atoms with E-state index in [0.29, 0.717) is 0 Å².